The van der Waals surface area contributed by atoms with Gasteiger partial charge in [-0.15, -0.1) is 0 Å². The molecule has 1 rings (SSSR count). The molecule has 0 amide bonds. The van der Waals surface area contributed by atoms with Crippen LogP contribution in [0.25, 0.3) is 0 Å². The van der Waals surface area contributed by atoms with Crippen molar-refractivity contribution in [1.29, 1.82) is 0 Å². The standard InChI is InChI=1S/C7H14O4/c1-2-6-4(8)3-5(9)7(10)11-6/h4-10H,2-3H2,1H3/t4-,5+,6+,7+/m0/s1. The Morgan fingerprint density at radius 1 is 1.27 bits per heavy atom. The Morgan fingerprint density at radius 2 is 1.91 bits per heavy atom. The van der Waals surface area contributed by atoms with Crippen LogP contribution >= 0.6 is 0 Å². The van der Waals surface area contributed by atoms with E-state index in [1.807, 2.05) is 6.92 Å². The molecule has 66 valence electrons. The molecule has 0 radical (unpaired) electrons. The summed E-state index contributed by atoms with van der Waals surface area (Å²) < 4.78 is 4.92. The van der Waals surface area contributed by atoms with Gasteiger partial charge in [0.15, 0.2) is 6.29 Å². The van der Waals surface area contributed by atoms with Crippen LogP contribution in [0.3, 0.4) is 0 Å². The third-order valence-corrected chi connectivity index (χ3v) is 1.96. The second kappa shape index (κ2) is 3.49. The molecular formula is C7H14O4. The molecule has 11 heavy (non-hydrogen) atoms. The van der Waals surface area contributed by atoms with Gasteiger partial charge in [0.2, 0.25) is 0 Å². The Labute approximate surface area is 65.4 Å². The molecular weight excluding hydrogens is 148 g/mol. The van der Waals surface area contributed by atoms with Crippen molar-refractivity contribution in [2.75, 3.05) is 0 Å². The minimum atomic E-state index is -1.14. The van der Waals surface area contributed by atoms with Crippen LogP contribution in [-0.2, 0) is 4.74 Å². The maximum atomic E-state index is 9.26. The highest BCUT2D eigenvalue weighted by Crippen LogP contribution is 2.20. The summed E-state index contributed by atoms with van der Waals surface area (Å²) in [5.74, 6) is 0. The molecule has 0 aromatic carbocycles. The van der Waals surface area contributed by atoms with Crippen molar-refractivity contribution < 1.29 is 20.1 Å². The minimum Gasteiger partial charge on any atom is -0.390 e. The van der Waals surface area contributed by atoms with Crippen molar-refractivity contribution in [3.05, 3.63) is 0 Å². The van der Waals surface area contributed by atoms with E-state index in [0.717, 1.165) is 0 Å². The Balaban J connectivity index is 2.48. The average Bonchev–Trinajstić information content (AvgIpc) is 1.97. The van der Waals surface area contributed by atoms with Gasteiger partial charge in [0.1, 0.15) is 6.10 Å². The molecule has 0 unspecified atom stereocenters. The van der Waals surface area contributed by atoms with Crippen LogP contribution in [0.1, 0.15) is 19.8 Å². The zero-order chi connectivity index (χ0) is 8.43. The Morgan fingerprint density at radius 3 is 2.45 bits per heavy atom. The van der Waals surface area contributed by atoms with E-state index in [9.17, 15) is 5.11 Å². The zero-order valence-corrected chi connectivity index (χ0v) is 6.47. The topological polar surface area (TPSA) is 69.9 Å². The SMILES string of the molecule is CC[C@H]1O[C@@H](O)[C@H](O)C[C@@H]1O. The number of aliphatic hydroxyl groups excluding tert-OH is 3. The average molecular weight is 162 g/mol. The van der Waals surface area contributed by atoms with Crippen LogP contribution in [0, 0.1) is 0 Å². The summed E-state index contributed by atoms with van der Waals surface area (Å²) in [6.45, 7) is 1.86. The van der Waals surface area contributed by atoms with Gasteiger partial charge in [0, 0.05) is 6.42 Å². The highest BCUT2D eigenvalue weighted by molar-refractivity contribution is 4.79. The molecule has 1 aliphatic rings. The number of ether oxygens (including phenoxy) is 1. The van der Waals surface area contributed by atoms with Crippen LogP contribution in [0.15, 0.2) is 0 Å². The number of hydrogen-bond donors (Lipinski definition) is 3. The lowest BCUT2D eigenvalue weighted by Gasteiger charge is -2.33. The highest BCUT2D eigenvalue weighted by Gasteiger charge is 2.33. The molecule has 0 aromatic rings. The fourth-order valence-electron chi connectivity index (χ4n) is 1.24. The quantitative estimate of drug-likeness (QED) is 0.473. The fraction of sp³-hybridized carbons (Fsp3) is 1.00. The second-order valence-corrected chi connectivity index (χ2v) is 2.84. The number of aliphatic hydroxyl groups is 3. The lowest BCUT2D eigenvalue weighted by Crippen LogP contribution is -2.46. The molecule has 0 saturated carbocycles. The summed E-state index contributed by atoms with van der Waals surface area (Å²) in [4.78, 5) is 0. The van der Waals surface area contributed by atoms with Crippen LogP contribution in [-0.4, -0.2) is 39.9 Å². The summed E-state index contributed by atoms with van der Waals surface area (Å²) in [6.07, 6.45) is -2.24. The smallest absolute Gasteiger partial charge is 0.181 e. The molecule has 1 heterocycles. The van der Waals surface area contributed by atoms with E-state index in [1.54, 1.807) is 0 Å². The monoisotopic (exact) mass is 162 g/mol. The Bertz CT molecular complexity index is 128. The third kappa shape index (κ3) is 1.90. The van der Waals surface area contributed by atoms with E-state index in [-0.39, 0.29) is 12.5 Å². The molecule has 4 atom stereocenters. The summed E-state index contributed by atoms with van der Waals surface area (Å²) in [6, 6.07) is 0. The second-order valence-electron chi connectivity index (χ2n) is 2.84. The molecule has 0 aliphatic carbocycles. The van der Waals surface area contributed by atoms with Gasteiger partial charge < -0.3 is 20.1 Å². The van der Waals surface area contributed by atoms with E-state index in [0.29, 0.717) is 6.42 Å². The van der Waals surface area contributed by atoms with Crippen molar-refractivity contribution in [2.24, 2.45) is 0 Å². The maximum Gasteiger partial charge on any atom is 0.181 e. The fourth-order valence-corrected chi connectivity index (χ4v) is 1.24. The molecule has 0 aromatic heterocycles. The molecule has 1 saturated heterocycles. The van der Waals surface area contributed by atoms with Gasteiger partial charge in [-0.25, -0.2) is 0 Å². The number of rotatable bonds is 1. The van der Waals surface area contributed by atoms with E-state index in [1.165, 1.54) is 0 Å². The Hall–Kier alpha value is -0.160. The lowest BCUT2D eigenvalue weighted by atomic mass is 10.0. The highest BCUT2D eigenvalue weighted by atomic mass is 16.6. The van der Waals surface area contributed by atoms with Crippen molar-refractivity contribution >= 4 is 0 Å². The predicted octanol–water partition coefficient (Wildman–Crippen LogP) is -0.775. The molecule has 3 N–H and O–H groups in total. The summed E-state index contributed by atoms with van der Waals surface area (Å²) in [5, 5.41) is 27.3. The summed E-state index contributed by atoms with van der Waals surface area (Å²) in [7, 11) is 0. The molecule has 0 bridgehead atoms. The molecule has 4 nitrogen and oxygen atoms in total. The Kier molecular flexibility index (Phi) is 2.84. The first kappa shape index (κ1) is 8.93. The van der Waals surface area contributed by atoms with Crippen molar-refractivity contribution in [3.8, 4) is 0 Å². The van der Waals surface area contributed by atoms with E-state index in [4.69, 9.17) is 14.9 Å². The molecule has 1 aliphatic heterocycles. The van der Waals surface area contributed by atoms with Crippen molar-refractivity contribution in [3.63, 3.8) is 0 Å². The largest absolute Gasteiger partial charge is 0.390 e. The molecule has 1 fully saturated rings. The normalized spacial score (nSPS) is 45.8. The first-order chi connectivity index (χ1) is 5.15. The molecule has 4 heteroatoms. The summed E-state index contributed by atoms with van der Waals surface area (Å²) in [5.41, 5.74) is 0. The minimum absolute atomic E-state index is 0.194. The van der Waals surface area contributed by atoms with Gasteiger partial charge in [0.25, 0.3) is 0 Å². The van der Waals surface area contributed by atoms with Gasteiger partial charge in [-0.2, -0.15) is 0 Å². The van der Waals surface area contributed by atoms with Gasteiger partial charge in [0.05, 0.1) is 12.2 Å². The van der Waals surface area contributed by atoms with E-state index >= 15 is 0 Å². The van der Waals surface area contributed by atoms with Crippen LogP contribution in [0.4, 0.5) is 0 Å². The van der Waals surface area contributed by atoms with Crippen LogP contribution in [0.2, 0.25) is 0 Å². The lowest BCUT2D eigenvalue weighted by molar-refractivity contribution is -0.245. The van der Waals surface area contributed by atoms with Crippen molar-refractivity contribution in [2.45, 2.75) is 44.4 Å². The predicted molar refractivity (Wildman–Crippen MR) is 37.8 cm³/mol. The van der Waals surface area contributed by atoms with E-state index in [2.05, 4.69) is 0 Å². The first-order valence-corrected chi connectivity index (χ1v) is 3.84. The first-order valence-electron chi connectivity index (χ1n) is 3.84. The summed E-state index contributed by atoms with van der Waals surface area (Å²) >= 11 is 0. The third-order valence-electron chi connectivity index (χ3n) is 1.96. The van der Waals surface area contributed by atoms with Gasteiger partial charge >= 0.3 is 0 Å². The van der Waals surface area contributed by atoms with Gasteiger partial charge in [-0.3, -0.25) is 0 Å². The molecule has 0 spiro atoms. The zero-order valence-electron chi connectivity index (χ0n) is 6.47. The maximum absolute atomic E-state index is 9.26. The van der Waals surface area contributed by atoms with Crippen molar-refractivity contribution in [1.82, 2.24) is 0 Å². The van der Waals surface area contributed by atoms with Crippen LogP contribution < -0.4 is 0 Å². The van der Waals surface area contributed by atoms with Gasteiger partial charge in [-0.1, -0.05) is 6.92 Å². The van der Waals surface area contributed by atoms with Crippen LogP contribution in [0.5, 0.6) is 0 Å². The number of hydrogen-bond acceptors (Lipinski definition) is 4. The van der Waals surface area contributed by atoms with Gasteiger partial charge in [-0.05, 0) is 6.42 Å². The van der Waals surface area contributed by atoms with E-state index < -0.39 is 18.5 Å².